The summed E-state index contributed by atoms with van der Waals surface area (Å²) in [5.41, 5.74) is 1.26. The molecule has 0 aliphatic carbocycles. The summed E-state index contributed by atoms with van der Waals surface area (Å²) in [7, 11) is 3.11. The predicted octanol–water partition coefficient (Wildman–Crippen LogP) is 9.37. The van der Waals surface area contributed by atoms with Crippen LogP contribution in [0.3, 0.4) is 0 Å². The molecule has 1 fully saturated rings. The van der Waals surface area contributed by atoms with Crippen LogP contribution in [-0.2, 0) is 9.59 Å². The van der Waals surface area contributed by atoms with Crippen molar-refractivity contribution in [2.24, 2.45) is 0 Å². The van der Waals surface area contributed by atoms with Crippen LogP contribution in [0.1, 0.15) is 114 Å². The highest BCUT2D eigenvalue weighted by Gasteiger charge is 2.46. The number of carbonyl (C=O) groups excluding carboxylic acids is 2. The molecule has 2 aromatic rings. The Bertz CT molecular complexity index is 1190. The Balaban J connectivity index is 1.62. The van der Waals surface area contributed by atoms with E-state index in [4.69, 9.17) is 9.47 Å². The van der Waals surface area contributed by atoms with Gasteiger partial charge < -0.3 is 19.5 Å². The van der Waals surface area contributed by atoms with E-state index in [0.717, 1.165) is 23.7 Å². The number of hydrogen-bond donors (Lipinski definition) is 1. The third-order valence-electron chi connectivity index (χ3n) is 8.11. The van der Waals surface area contributed by atoms with Crippen molar-refractivity contribution < 1.29 is 24.2 Å². The lowest BCUT2D eigenvalue weighted by Gasteiger charge is -2.26. The molecule has 0 aromatic heterocycles. The van der Waals surface area contributed by atoms with E-state index in [0.29, 0.717) is 29.2 Å². The summed E-state index contributed by atoms with van der Waals surface area (Å²) in [6.45, 7) is 2.70. The van der Waals surface area contributed by atoms with Gasteiger partial charge in [-0.25, -0.2) is 0 Å². The van der Waals surface area contributed by atoms with Crippen LogP contribution in [0.5, 0.6) is 11.5 Å². The lowest BCUT2D eigenvalue weighted by Crippen LogP contribution is -2.30. The largest absolute Gasteiger partial charge is 0.507 e. The number of aliphatic hydroxyl groups is 1. The molecule has 0 radical (unpaired) electrons. The number of rotatable bonds is 19. The molecule has 1 amide bonds. The number of nitrogens with zero attached hydrogens (tertiary/aromatic N) is 1. The number of ketones is 1. The van der Waals surface area contributed by atoms with Gasteiger partial charge in [-0.15, -0.1) is 0 Å². The Kier molecular flexibility index (Phi) is 14.4. The smallest absolute Gasteiger partial charge is 0.295 e. The van der Waals surface area contributed by atoms with Gasteiger partial charge in [0.05, 0.1) is 25.8 Å². The molecule has 1 aliphatic rings. The number of Topliss-reactive ketones (excluding diaryl/α,β-unsaturated/α-hetero) is 1. The first-order chi connectivity index (χ1) is 20.4. The van der Waals surface area contributed by atoms with Gasteiger partial charge in [0.2, 0.25) is 0 Å². The van der Waals surface area contributed by atoms with E-state index in [9.17, 15) is 14.7 Å². The normalized spacial score (nSPS) is 16.3. The number of methoxy groups -OCH3 is 2. The maximum absolute atomic E-state index is 13.3. The molecule has 1 heterocycles. The van der Waals surface area contributed by atoms with Crippen LogP contribution in [-0.4, -0.2) is 42.5 Å². The topological polar surface area (TPSA) is 76.1 Å². The fourth-order valence-corrected chi connectivity index (χ4v) is 6.15. The van der Waals surface area contributed by atoms with Gasteiger partial charge >= 0.3 is 0 Å². The SMILES string of the molecule is CCCCCCCCCCCCCCCCN1C(=O)C(=O)/C(=C(\O)c2cccc(Br)c2)C1c1ccc(OC)c(OC)c1. The first-order valence-electron chi connectivity index (χ1n) is 15.7. The summed E-state index contributed by atoms with van der Waals surface area (Å²) in [5, 5.41) is 11.3. The quantitative estimate of drug-likeness (QED) is 0.0715. The summed E-state index contributed by atoms with van der Waals surface area (Å²) in [6.07, 6.45) is 17.5. The molecule has 1 unspecified atom stereocenters. The van der Waals surface area contributed by atoms with Gasteiger partial charge in [-0.3, -0.25) is 9.59 Å². The maximum atomic E-state index is 13.3. The third kappa shape index (κ3) is 9.35. The number of aliphatic hydroxyl groups excluding tert-OH is 1. The zero-order valence-electron chi connectivity index (χ0n) is 25.6. The molecular weight excluding hydrogens is 594 g/mol. The third-order valence-corrected chi connectivity index (χ3v) is 8.61. The summed E-state index contributed by atoms with van der Waals surface area (Å²) in [4.78, 5) is 28.3. The van der Waals surface area contributed by atoms with Crippen LogP contribution in [0, 0.1) is 0 Å². The van der Waals surface area contributed by atoms with Crippen molar-refractivity contribution in [3.63, 3.8) is 0 Å². The van der Waals surface area contributed by atoms with Crippen molar-refractivity contribution >= 4 is 33.4 Å². The average molecular weight is 643 g/mol. The van der Waals surface area contributed by atoms with Crippen LogP contribution >= 0.6 is 15.9 Å². The number of likely N-dealkylation sites (tertiary alicyclic amines) is 1. The van der Waals surface area contributed by atoms with Crippen molar-refractivity contribution in [3.8, 4) is 11.5 Å². The molecule has 6 nitrogen and oxygen atoms in total. The second kappa shape index (κ2) is 18.0. The number of hydrogen-bond acceptors (Lipinski definition) is 5. The van der Waals surface area contributed by atoms with Crippen LogP contribution in [0.25, 0.3) is 5.76 Å². The molecule has 1 aliphatic heterocycles. The fourth-order valence-electron chi connectivity index (χ4n) is 5.75. The molecular formula is C35H48BrNO5. The number of amides is 1. The first kappa shape index (κ1) is 33.7. The standard InChI is InChI=1S/C35H48BrNO5/c1-4-5-6-7-8-9-10-11-12-13-14-15-16-17-23-37-32(26-21-22-29(41-2)30(25-26)42-3)31(34(39)35(37)40)33(38)27-19-18-20-28(36)24-27/h18-22,24-25,32,38H,4-17,23H2,1-3H3/b33-31-. The molecule has 1 N–H and O–H groups in total. The van der Waals surface area contributed by atoms with Gasteiger partial charge in [0.1, 0.15) is 5.76 Å². The van der Waals surface area contributed by atoms with Crippen LogP contribution in [0.2, 0.25) is 0 Å². The Hall–Kier alpha value is -2.80. The zero-order chi connectivity index (χ0) is 30.3. The highest BCUT2D eigenvalue weighted by Crippen LogP contribution is 2.42. The Morgan fingerprint density at radius 2 is 1.36 bits per heavy atom. The van der Waals surface area contributed by atoms with E-state index in [1.54, 1.807) is 49.5 Å². The highest BCUT2D eigenvalue weighted by molar-refractivity contribution is 9.10. The highest BCUT2D eigenvalue weighted by atomic mass is 79.9. The molecule has 0 saturated carbocycles. The van der Waals surface area contributed by atoms with Gasteiger partial charge in [-0.1, -0.05) is 125 Å². The number of halogens is 1. The molecule has 230 valence electrons. The number of ether oxygens (including phenoxy) is 2. The number of unbranched alkanes of at least 4 members (excludes halogenated alkanes) is 13. The van der Waals surface area contributed by atoms with Gasteiger partial charge in [0.25, 0.3) is 11.7 Å². The Morgan fingerprint density at radius 1 is 0.786 bits per heavy atom. The van der Waals surface area contributed by atoms with Gasteiger partial charge in [0, 0.05) is 16.6 Å². The molecule has 0 bridgehead atoms. The fraction of sp³-hybridized carbons (Fsp3) is 0.543. The second-order valence-corrected chi connectivity index (χ2v) is 12.1. The second-order valence-electron chi connectivity index (χ2n) is 11.2. The Morgan fingerprint density at radius 3 is 1.90 bits per heavy atom. The van der Waals surface area contributed by atoms with Crippen LogP contribution < -0.4 is 9.47 Å². The van der Waals surface area contributed by atoms with Gasteiger partial charge in [0.15, 0.2) is 11.5 Å². The molecule has 7 heteroatoms. The lowest BCUT2D eigenvalue weighted by molar-refractivity contribution is -0.139. The molecule has 3 rings (SSSR count). The first-order valence-corrected chi connectivity index (χ1v) is 16.5. The zero-order valence-corrected chi connectivity index (χ0v) is 27.2. The van der Waals surface area contributed by atoms with E-state index in [1.165, 1.54) is 70.6 Å². The van der Waals surface area contributed by atoms with Crippen molar-refractivity contribution in [2.75, 3.05) is 20.8 Å². The minimum absolute atomic E-state index is 0.0932. The van der Waals surface area contributed by atoms with Crippen molar-refractivity contribution in [1.82, 2.24) is 4.90 Å². The van der Waals surface area contributed by atoms with E-state index < -0.39 is 17.7 Å². The van der Waals surface area contributed by atoms with E-state index in [-0.39, 0.29) is 11.3 Å². The monoisotopic (exact) mass is 641 g/mol. The molecule has 0 spiro atoms. The summed E-state index contributed by atoms with van der Waals surface area (Å²) in [5.74, 6) is -0.381. The van der Waals surface area contributed by atoms with Crippen molar-refractivity contribution in [1.29, 1.82) is 0 Å². The molecule has 42 heavy (non-hydrogen) atoms. The van der Waals surface area contributed by atoms with Crippen LogP contribution in [0.15, 0.2) is 52.5 Å². The van der Waals surface area contributed by atoms with E-state index in [1.807, 2.05) is 12.1 Å². The van der Waals surface area contributed by atoms with Gasteiger partial charge in [-0.2, -0.15) is 0 Å². The number of carbonyl (C=O) groups is 2. The maximum Gasteiger partial charge on any atom is 0.295 e. The van der Waals surface area contributed by atoms with E-state index in [2.05, 4.69) is 22.9 Å². The minimum Gasteiger partial charge on any atom is -0.507 e. The van der Waals surface area contributed by atoms with Crippen molar-refractivity contribution in [3.05, 3.63) is 63.6 Å². The Labute approximate surface area is 260 Å². The van der Waals surface area contributed by atoms with Crippen molar-refractivity contribution in [2.45, 2.75) is 103 Å². The predicted molar refractivity (Wildman–Crippen MR) is 173 cm³/mol. The summed E-state index contributed by atoms with van der Waals surface area (Å²) < 4.78 is 11.7. The van der Waals surface area contributed by atoms with Gasteiger partial charge in [-0.05, 0) is 36.2 Å². The molecule has 1 atom stereocenters. The molecule has 1 saturated heterocycles. The number of benzene rings is 2. The summed E-state index contributed by atoms with van der Waals surface area (Å²) >= 11 is 3.43. The lowest BCUT2D eigenvalue weighted by atomic mass is 9.95. The minimum atomic E-state index is -0.717. The van der Waals surface area contributed by atoms with Crippen LogP contribution in [0.4, 0.5) is 0 Å². The summed E-state index contributed by atoms with van der Waals surface area (Å²) in [6, 6.07) is 11.7. The molecule has 2 aromatic carbocycles. The average Bonchev–Trinajstić information content (AvgIpc) is 3.25. The van der Waals surface area contributed by atoms with E-state index >= 15 is 0 Å².